The van der Waals surface area contributed by atoms with Gasteiger partial charge in [0, 0.05) is 57.3 Å². The molecule has 0 spiro atoms. The van der Waals surface area contributed by atoms with Gasteiger partial charge in [-0.3, -0.25) is 4.57 Å². The lowest BCUT2D eigenvalue weighted by molar-refractivity contribution is 0.483. The molecule has 0 saturated heterocycles. The standard InChI is InChI=1S/C41H42N6O/c1-25-19-20-42-37(21-25)46-35-16-11-10-15-33(35)34-18-17-32(24-36(34)46)48-31-14-12-13-30(23-31)47-41(45(8)9)39(40(43-47)44(6)7)38-27(3)22-26(2)28(4)29(38)5/h10-24H,1-9H3. The number of nitrogens with zero attached hydrogens (tertiary/aromatic N) is 6. The predicted molar refractivity (Wildman–Crippen MR) is 200 cm³/mol. The highest BCUT2D eigenvalue weighted by Crippen LogP contribution is 2.44. The Kier molecular flexibility index (Phi) is 7.71. The Morgan fingerprint density at radius 3 is 2.12 bits per heavy atom. The number of para-hydroxylation sites is 1. The van der Waals surface area contributed by atoms with E-state index in [0.717, 1.165) is 62.2 Å². The third-order valence-electron chi connectivity index (χ3n) is 9.37. The zero-order chi connectivity index (χ0) is 33.9. The molecule has 7 rings (SSSR count). The van der Waals surface area contributed by atoms with Crippen molar-refractivity contribution in [3.63, 3.8) is 0 Å². The molecule has 0 fully saturated rings. The molecule has 0 radical (unpaired) electrons. The first kappa shape index (κ1) is 31.1. The van der Waals surface area contributed by atoms with Crippen molar-refractivity contribution < 1.29 is 4.74 Å². The highest BCUT2D eigenvalue weighted by molar-refractivity contribution is 6.09. The molecule has 0 unspecified atom stereocenters. The monoisotopic (exact) mass is 634 g/mol. The number of anilines is 2. The summed E-state index contributed by atoms with van der Waals surface area (Å²) in [5, 5.41) is 7.55. The van der Waals surface area contributed by atoms with Gasteiger partial charge < -0.3 is 14.5 Å². The van der Waals surface area contributed by atoms with E-state index in [2.05, 4.69) is 138 Å². The fraction of sp³-hybridized carbons (Fsp3) is 0.220. The molecule has 0 aliphatic rings. The van der Waals surface area contributed by atoms with Crippen molar-refractivity contribution in [3.05, 3.63) is 119 Å². The molecule has 0 amide bonds. The Morgan fingerprint density at radius 2 is 1.38 bits per heavy atom. The minimum atomic E-state index is 0.731. The summed E-state index contributed by atoms with van der Waals surface area (Å²) >= 11 is 0. The zero-order valence-electron chi connectivity index (χ0n) is 29.3. The Bertz CT molecular complexity index is 2340. The number of benzene rings is 4. The van der Waals surface area contributed by atoms with Gasteiger partial charge in [-0.1, -0.05) is 30.3 Å². The van der Waals surface area contributed by atoms with Gasteiger partial charge in [0.05, 0.1) is 22.3 Å². The van der Waals surface area contributed by atoms with Crippen LogP contribution in [0.2, 0.25) is 0 Å². The van der Waals surface area contributed by atoms with Crippen LogP contribution in [0.15, 0.2) is 91.1 Å². The highest BCUT2D eigenvalue weighted by Gasteiger charge is 2.27. The number of rotatable bonds is 7. The van der Waals surface area contributed by atoms with Crippen LogP contribution in [0.5, 0.6) is 11.5 Å². The van der Waals surface area contributed by atoms with Crippen LogP contribution < -0.4 is 14.5 Å². The number of aryl methyl sites for hydroxylation is 3. The minimum Gasteiger partial charge on any atom is -0.457 e. The lowest BCUT2D eigenvalue weighted by Gasteiger charge is -2.22. The van der Waals surface area contributed by atoms with Crippen molar-refractivity contribution in [1.82, 2.24) is 19.3 Å². The fourth-order valence-electron chi connectivity index (χ4n) is 6.91. The minimum absolute atomic E-state index is 0.731. The van der Waals surface area contributed by atoms with Gasteiger partial charge in [-0.05, 0) is 110 Å². The number of aromatic nitrogens is 4. The van der Waals surface area contributed by atoms with Gasteiger partial charge in [0.25, 0.3) is 0 Å². The normalized spacial score (nSPS) is 11.4. The molecule has 0 N–H and O–H groups in total. The fourth-order valence-corrected chi connectivity index (χ4v) is 6.91. The van der Waals surface area contributed by atoms with Crippen LogP contribution in [0, 0.1) is 34.6 Å². The van der Waals surface area contributed by atoms with Gasteiger partial charge in [0.15, 0.2) is 5.82 Å². The van der Waals surface area contributed by atoms with Crippen molar-refractivity contribution in [3.8, 4) is 34.1 Å². The maximum atomic E-state index is 6.60. The van der Waals surface area contributed by atoms with Gasteiger partial charge in [-0.2, -0.15) is 0 Å². The molecule has 3 aromatic heterocycles. The average molecular weight is 635 g/mol. The maximum absolute atomic E-state index is 6.60. The van der Waals surface area contributed by atoms with Crippen LogP contribution in [0.4, 0.5) is 11.6 Å². The Labute approximate surface area is 282 Å². The van der Waals surface area contributed by atoms with Crippen LogP contribution in [0.25, 0.3) is 44.4 Å². The second-order valence-electron chi connectivity index (χ2n) is 13.2. The molecule has 48 heavy (non-hydrogen) atoms. The molecule has 7 nitrogen and oxygen atoms in total. The zero-order valence-corrected chi connectivity index (χ0v) is 29.3. The lowest BCUT2D eigenvalue weighted by Crippen LogP contribution is -2.15. The number of hydrogen-bond donors (Lipinski definition) is 0. The number of fused-ring (bicyclic) bond motifs is 3. The van der Waals surface area contributed by atoms with E-state index in [0.29, 0.717) is 0 Å². The first-order valence-corrected chi connectivity index (χ1v) is 16.3. The van der Waals surface area contributed by atoms with Crippen molar-refractivity contribution in [1.29, 1.82) is 0 Å². The van der Waals surface area contributed by atoms with Crippen LogP contribution in [-0.2, 0) is 0 Å². The van der Waals surface area contributed by atoms with Gasteiger partial charge in [0.1, 0.15) is 23.1 Å². The molecule has 0 aliphatic carbocycles. The van der Waals surface area contributed by atoms with Gasteiger partial charge in [0.2, 0.25) is 0 Å². The lowest BCUT2D eigenvalue weighted by atomic mass is 9.90. The number of ether oxygens (including phenoxy) is 1. The summed E-state index contributed by atoms with van der Waals surface area (Å²) in [6, 6.07) is 29.4. The van der Waals surface area contributed by atoms with E-state index in [1.807, 2.05) is 35.1 Å². The molecule has 0 atom stereocenters. The number of pyridine rings is 1. The smallest absolute Gasteiger partial charge is 0.160 e. The summed E-state index contributed by atoms with van der Waals surface area (Å²) in [7, 11) is 8.28. The van der Waals surface area contributed by atoms with Gasteiger partial charge >= 0.3 is 0 Å². The summed E-state index contributed by atoms with van der Waals surface area (Å²) in [5.41, 5.74) is 11.7. The van der Waals surface area contributed by atoms with Crippen LogP contribution in [0.1, 0.15) is 27.8 Å². The van der Waals surface area contributed by atoms with Crippen LogP contribution in [-0.4, -0.2) is 47.5 Å². The van der Waals surface area contributed by atoms with Gasteiger partial charge in [-0.25, -0.2) is 9.67 Å². The summed E-state index contributed by atoms with van der Waals surface area (Å²) in [5.74, 6) is 4.30. The molecule has 7 aromatic rings. The molecular weight excluding hydrogens is 592 g/mol. The van der Waals surface area contributed by atoms with E-state index in [4.69, 9.17) is 14.8 Å². The van der Waals surface area contributed by atoms with E-state index in [1.165, 1.54) is 33.2 Å². The second-order valence-corrected chi connectivity index (χ2v) is 13.2. The summed E-state index contributed by atoms with van der Waals surface area (Å²) < 4.78 is 10.9. The molecule has 3 heterocycles. The third kappa shape index (κ3) is 5.16. The Balaban J connectivity index is 1.34. The first-order valence-electron chi connectivity index (χ1n) is 16.3. The third-order valence-corrected chi connectivity index (χ3v) is 9.37. The van der Waals surface area contributed by atoms with E-state index in [9.17, 15) is 0 Å². The van der Waals surface area contributed by atoms with E-state index >= 15 is 0 Å². The summed E-state index contributed by atoms with van der Waals surface area (Å²) in [4.78, 5) is 8.99. The largest absolute Gasteiger partial charge is 0.457 e. The molecule has 0 saturated carbocycles. The SMILES string of the molecule is Cc1ccnc(-n2c3ccccc3c3ccc(Oc4cccc(-n5nc(N(C)C)c(-c6c(C)cc(C)c(C)c6C)c5N(C)C)c4)cc32)c1. The molecule has 0 aliphatic heterocycles. The van der Waals surface area contributed by atoms with E-state index < -0.39 is 0 Å². The maximum Gasteiger partial charge on any atom is 0.160 e. The highest BCUT2D eigenvalue weighted by atomic mass is 16.5. The summed E-state index contributed by atoms with van der Waals surface area (Å²) in [6.07, 6.45) is 1.87. The predicted octanol–water partition coefficient (Wildman–Crippen LogP) is 9.50. The quantitative estimate of drug-likeness (QED) is 0.175. The molecule has 242 valence electrons. The van der Waals surface area contributed by atoms with Crippen LogP contribution in [0.3, 0.4) is 0 Å². The number of hydrogen-bond acceptors (Lipinski definition) is 5. The summed E-state index contributed by atoms with van der Waals surface area (Å²) in [6.45, 7) is 10.9. The van der Waals surface area contributed by atoms with Gasteiger partial charge in [-0.15, -0.1) is 5.10 Å². The topological polar surface area (TPSA) is 51.4 Å². The average Bonchev–Trinajstić information content (AvgIpc) is 3.61. The van der Waals surface area contributed by atoms with E-state index in [1.54, 1.807) is 0 Å². The second kappa shape index (κ2) is 11.9. The van der Waals surface area contributed by atoms with Crippen molar-refractivity contribution in [2.24, 2.45) is 0 Å². The van der Waals surface area contributed by atoms with Crippen molar-refractivity contribution in [2.75, 3.05) is 38.0 Å². The molecule has 7 heteroatoms. The molecule has 4 aromatic carbocycles. The molecule has 0 bridgehead atoms. The van der Waals surface area contributed by atoms with Crippen molar-refractivity contribution >= 4 is 33.4 Å². The van der Waals surface area contributed by atoms with Crippen LogP contribution >= 0.6 is 0 Å². The molecular formula is C41H42N6O. The van der Waals surface area contributed by atoms with Crippen molar-refractivity contribution in [2.45, 2.75) is 34.6 Å². The first-order chi connectivity index (χ1) is 23.0. The Hall–Kier alpha value is -5.56. The Morgan fingerprint density at radius 1 is 0.625 bits per heavy atom. The van der Waals surface area contributed by atoms with E-state index in [-0.39, 0.29) is 0 Å².